The summed E-state index contributed by atoms with van der Waals surface area (Å²) in [4.78, 5) is 19.9. The third kappa shape index (κ3) is 1.75. The highest BCUT2D eigenvalue weighted by Crippen LogP contribution is 2.30. The van der Waals surface area contributed by atoms with Gasteiger partial charge in [0.05, 0.1) is 19.3 Å². The maximum atomic E-state index is 11.9. The molecule has 2 aromatic rings. The first-order valence-corrected chi connectivity index (χ1v) is 6.05. The summed E-state index contributed by atoms with van der Waals surface area (Å²) in [6.45, 7) is -0.420. The normalized spacial score (nSPS) is 30.2. The number of hydrogen-bond donors (Lipinski definition) is 3. The van der Waals surface area contributed by atoms with Gasteiger partial charge in [0.15, 0.2) is 17.4 Å². The van der Waals surface area contributed by atoms with Crippen LogP contribution in [0.2, 0.25) is 0 Å². The molecule has 3 heterocycles. The Morgan fingerprint density at radius 3 is 2.70 bits per heavy atom. The van der Waals surface area contributed by atoms with E-state index < -0.39 is 31.1 Å². The van der Waals surface area contributed by atoms with Gasteiger partial charge in [-0.15, -0.1) is 0 Å². The van der Waals surface area contributed by atoms with Crippen molar-refractivity contribution < 1.29 is 20.1 Å². The first-order valence-electron chi connectivity index (χ1n) is 6.05. The topological polar surface area (TPSA) is 123 Å². The van der Waals surface area contributed by atoms with Crippen molar-refractivity contribution in [3.8, 4) is 0 Å². The summed E-state index contributed by atoms with van der Waals surface area (Å²) in [6.07, 6.45) is -1.64. The fraction of sp³-hybridized carbons (Fsp3) is 0.545. The number of imidazole rings is 1. The third-order valence-electron chi connectivity index (χ3n) is 3.44. The number of ether oxygens (including phenoxy) is 1. The van der Waals surface area contributed by atoms with Crippen LogP contribution in [0.4, 0.5) is 0 Å². The van der Waals surface area contributed by atoms with E-state index in [0.29, 0.717) is 0 Å². The number of hydrogen-bond acceptors (Lipinski definition) is 7. The molecule has 1 fully saturated rings. The second-order valence-corrected chi connectivity index (χ2v) is 4.71. The van der Waals surface area contributed by atoms with E-state index in [2.05, 4.69) is 9.97 Å². The number of nitrogens with zero attached hydrogens (tertiary/aromatic N) is 4. The van der Waals surface area contributed by atoms with Gasteiger partial charge in [-0.1, -0.05) is 0 Å². The molecule has 0 radical (unpaired) electrons. The summed E-state index contributed by atoms with van der Waals surface area (Å²) >= 11 is 0. The van der Waals surface area contributed by atoms with Gasteiger partial charge in [-0.2, -0.15) is 0 Å². The lowest BCUT2D eigenvalue weighted by Crippen LogP contribution is -2.33. The van der Waals surface area contributed by atoms with Gasteiger partial charge in [0.2, 0.25) is 0 Å². The zero-order chi connectivity index (χ0) is 14.4. The maximum Gasteiger partial charge on any atom is 0.281 e. The summed E-state index contributed by atoms with van der Waals surface area (Å²) in [5.41, 5.74) is 0.0798. The molecule has 1 saturated heterocycles. The van der Waals surface area contributed by atoms with Crippen molar-refractivity contribution in [3.63, 3.8) is 0 Å². The van der Waals surface area contributed by atoms with E-state index in [1.807, 2.05) is 0 Å². The lowest BCUT2D eigenvalue weighted by molar-refractivity contribution is -0.0511. The van der Waals surface area contributed by atoms with Crippen molar-refractivity contribution in [2.24, 2.45) is 7.05 Å². The second-order valence-electron chi connectivity index (χ2n) is 4.71. The molecule has 20 heavy (non-hydrogen) atoms. The number of aromatic nitrogens is 4. The molecule has 0 saturated carbocycles. The van der Waals surface area contributed by atoms with Gasteiger partial charge in [0, 0.05) is 7.05 Å². The van der Waals surface area contributed by atoms with Gasteiger partial charge in [0.25, 0.3) is 5.56 Å². The Morgan fingerprint density at radius 2 is 2.05 bits per heavy atom. The summed E-state index contributed by atoms with van der Waals surface area (Å²) in [5, 5.41) is 28.8. The van der Waals surface area contributed by atoms with E-state index in [9.17, 15) is 15.0 Å². The van der Waals surface area contributed by atoms with E-state index in [-0.39, 0.29) is 16.7 Å². The van der Waals surface area contributed by atoms with Gasteiger partial charge >= 0.3 is 0 Å². The average Bonchev–Trinajstić information content (AvgIpc) is 2.98. The van der Waals surface area contributed by atoms with Crippen molar-refractivity contribution in [2.75, 3.05) is 6.61 Å². The smallest absolute Gasteiger partial charge is 0.281 e. The maximum absolute atomic E-state index is 11.9. The van der Waals surface area contributed by atoms with Crippen molar-refractivity contribution in [3.05, 3.63) is 23.0 Å². The Balaban J connectivity index is 2.08. The molecule has 0 bridgehead atoms. The highest BCUT2D eigenvalue weighted by molar-refractivity contribution is 5.69. The van der Waals surface area contributed by atoms with Crippen LogP contribution in [0.5, 0.6) is 0 Å². The van der Waals surface area contributed by atoms with Crippen LogP contribution in [-0.2, 0) is 11.8 Å². The number of aliphatic hydroxyl groups is 3. The van der Waals surface area contributed by atoms with Gasteiger partial charge in [0.1, 0.15) is 18.3 Å². The standard InChI is InChI=1S/C11H14N4O5/c1-14-3-13-9-6(10(14)19)12-4-15(9)11-8(18)7(17)5(2-16)20-11/h3-5,7-8,11,16-18H,2H2,1H3/t5-,7+,8+,11-/m1/s1. The van der Waals surface area contributed by atoms with Crippen LogP contribution in [0.1, 0.15) is 6.23 Å². The highest BCUT2D eigenvalue weighted by Gasteiger charge is 2.43. The fourth-order valence-corrected chi connectivity index (χ4v) is 2.29. The van der Waals surface area contributed by atoms with Crippen molar-refractivity contribution >= 4 is 11.2 Å². The Hall–Kier alpha value is -1.81. The number of fused-ring (bicyclic) bond motifs is 1. The largest absolute Gasteiger partial charge is 0.394 e. The van der Waals surface area contributed by atoms with Crippen molar-refractivity contribution in [1.29, 1.82) is 0 Å². The SMILES string of the molecule is Cn1cnc2c(ncn2[C@@H]2O[C@H](CO)[C@H](O)[C@@H]2O)c1=O. The summed E-state index contributed by atoms with van der Waals surface area (Å²) in [6, 6.07) is 0. The molecule has 4 atom stereocenters. The Labute approximate surface area is 112 Å². The van der Waals surface area contributed by atoms with Gasteiger partial charge in [-0.05, 0) is 0 Å². The lowest BCUT2D eigenvalue weighted by Gasteiger charge is -2.16. The minimum Gasteiger partial charge on any atom is -0.394 e. The lowest BCUT2D eigenvalue weighted by atomic mass is 10.1. The zero-order valence-electron chi connectivity index (χ0n) is 10.6. The van der Waals surface area contributed by atoms with Crippen LogP contribution in [0.25, 0.3) is 11.2 Å². The molecule has 9 nitrogen and oxygen atoms in total. The molecule has 1 aliphatic rings. The number of aryl methyl sites for hydroxylation is 1. The molecule has 0 aliphatic carbocycles. The molecular weight excluding hydrogens is 268 g/mol. The van der Waals surface area contributed by atoms with E-state index >= 15 is 0 Å². The predicted octanol–water partition coefficient (Wildman–Crippen LogP) is -2.26. The van der Waals surface area contributed by atoms with E-state index in [1.54, 1.807) is 7.05 Å². The van der Waals surface area contributed by atoms with Gasteiger partial charge < -0.3 is 24.6 Å². The molecule has 9 heteroatoms. The first kappa shape index (κ1) is 13.2. The van der Waals surface area contributed by atoms with Crippen LogP contribution >= 0.6 is 0 Å². The number of rotatable bonds is 2. The van der Waals surface area contributed by atoms with Crippen LogP contribution in [-0.4, -0.2) is 59.3 Å². The van der Waals surface area contributed by atoms with Crippen LogP contribution in [0.15, 0.2) is 17.4 Å². The number of aliphatic hydroxyl groups excluding tert-OH is 3. The first-order chi connectivity index (χ1) is 9.54. The monoisotopic (exact) mass is 282 g/mol. The van der Waals surface area contributed by atoms with Crippen molar-refractivity contribution in [2.45, 2.75) is 24.5 Å². The van der Waals surface area contributed by atoms with E-state index in [0.717, 1.165) is 0 Å². The van der Waals surface area contributed by atoms with Crippen LogP contribution in [0, 0.1) is 0 Å². The van der Waals surface area contributed by atoms with E-state index in [1.165, 1.54) is 21.8 Å². The predicted molar refractivity (Wildman–Crippen MR) is 65.8 cm³/mol. The molecule has 0 unspecified atom stereocenters. The average molecular weight is 282 g/mol. The molecule has 2 aromatic heterocycles. The van der Waals surface area contributed by atoms with Gasteiger partial charge in [-0.25, -0.2) is 9.97 Å². The fourth-order valence-electron chi connectivity index (χ4n) is 2.29. The summed E-state index contributed by atoms with van der Waals surface area (Å²) < 4.78 is 8.05. The molecule has 0 aromatic carbocycles. The molecule has 3 N–H and O–H groups in total. The summed E-state index contributed by atoms with van der Waals surface area (Å²) in [5.74, 6) is 0. The molecule has 3 rings (SSSR count). The summed E-state index contributed by atoms with van der Waals surface area (Å²) in [7, 11) is 1.56. The minimum atomic E-state index is -1.24. The highest BCUT2D eigenvalue weighted by atomic mass is 16.6. The van der Waals surface area contributed by atoms with Crippen LogP contribution in [0.3, 0.4) is 0 Å². The Morgan fingerprint density at radius 1 is 1.30 bits per heavy atom. The minimum absolute atomic E-state index is 0.146. The third-order valence-corrected chi connectivity index (χ3v) is 3.44. The second kappa shape index (κ2) is 4.63. The molecule has 108 valence electrons. The Kier molecular flexibility index (Phi) is 3.05. The van der Waals surface area contributed by atoms with E-state index in [4.69, 9.17) is 9.84 Å². The quantitative estimate of drug-likeness (QED) is 0.568. The molecule has 1 aliphatic heterocycles. The molecular formula is C11H14N4O5. The van der Waals surface area contributed by atoms with Crippen molar-refractivity contribution in [1.82, 2.24) is 19.1 Å². The zero-order valence-corrected chi connectivity index (χ0v) is 10.6. The molecule has 0 amide bonds. The Bertz CT molecular complexity index is 696. The van der Waals surface area contributed by atoms with Gasteiger partial charge in [-0.3, -0.25) is 9.36 Å². The van der Waals surface area contributed by atoms with Crippen LogP contribution < -0.4 is 5.56 Å². The molecule has 0 spiro atoms.